The van der Waals surface area contributed by atoms with Crippen LogP contribution in [0.4, 0.5) is 0 Å². The van der Waals surface area contributed by atoms with E-state index < -0.39 is 0 Å². The summed E-state index contributed by atoms with van der Waals surface area (Å²) in [5, 5.41) is 13.5. The second-order valence-corrected chi connectivity index (χ2v) is 7.25. The third-order valence-electron chi connectivity index (χ3n) is 3.90. The van der Waals surface area contributed by atoms with Crippen molar-refractivity contribution in [2.75, 3.05) is 6.54 Å². The summed E-state index contributed by atoms with van der Waals surface area (Å²) in [5.41, 5.74) is 2.45. The van der Waals surface area contributed by atoms with Crippen molar-refractivity contribution in [2.45, 2.75) is 40.2 Å². The number of nitrogens with zero attached hydrogens (tertiary/aromatic N) is 1. The van der Waals surface area contributed by atoms with Gasteiger partial charge in [0.1, 0.15) is 0 Å². The molecule has 19 heavy (non-hydrogen) atoms. The Morgan fingerprint density at radius 2 is 2.16 bits per heavy atom. The number of hydrogen-bond donors (Lipinski definition) is 1. The van der Waals surface area contributed by atoms with E-state index in [9.17, 15) is 0 Å². The molecule has 1 N–H and O–H groups in total. The number of hydrogen-bond acceptors (Lipinski definition) is 2. The Labute approximate surface area is 120 Å². The van der Waals surface area contributed by atoms with Crippen LogP contribution >= 0.6 is 11.6 Å². The minimum atomic E-state index is -0.350. The lowest BCUT2D eigenvalue weighted by Crippen LogP contribution is -2.36. The molecule has 0 heterocycles. The van der Waals surface area contributed by atoms with E-state index >= 15 is 0 Å². The maximum absolute atomic E-state index is 9.13. The third-order valence-corrected chi connectivity index (χ3v) is 4.13. The molecule has 1 aromatic rings. The first-order valence-electron chi connectivity index (χ1n) is 6.68. The van der Waals surface area contributed by atoms with E-state index in [1.165, 1.54) is 11.1 Å². The van der Waals surface area contributed by atoms with Crippen molar-refractivity contribution < 1.29 is 0 Å². The Kier molecular flexibility index (Phi) is 3.64. The fourth-order valence-electron chi connectivity index (χ4n) is 2.79. The van der Waals surface area contributed by atoms with E-state index in [4.69, 9.17) is 16.9 Å². The van der Waals surface area contributed by atoms with Crippen LogP contribution in [0, 0.1) is 22.2 Å². The van der Waals surface area contributed by atoms with Crippen molar-refractivity contribution in [2.24, 2.45) is 10.8 Å². The Balaban J connectivity index is 2.25. The van der Waals surface area contributed by atoms with E-state index in [0.29, 0.717) is 6.54 Å². The van der Waals surface area contributed by atoms with Crippen LogP contribution in [0.5, 0.6) is 0 Å². The van der Waals surface area contributed by atoms with Crippen molar-refractivity contribution >= 4 is 11.6 Å². The predicted octanol–water partition coefficient (Wildman–Crippen LogP) is 4.10. The Morgan fingerprint density at radius 3 is 2.79 bits per heavy atom. The van der Waals surface area contributed by atoms with Crippen LogP contribution in [0.2, 0.25) is 5.02 Å². The second kappa shape index (κ2) is 4.81. The van der Waals surface area contributed by atoms with Crippen LogP contribution in [0.3, 0.4) is 0 Å². The molecule has 2 rings (SSSR count). The zero-order chi connectivity index (χ0) is 14.3. The number of benzene rings is 1. The first kappa shape index (κ1) is 14.4. The average molecular weight is 277 g/mol. The molecule has 1 unspecified atom stereocenters. The van der Waals surface area contributed by atoms with E-state index in [0.717, 1.165) is 11.4 Å². The summed E-state index contributed by atoms with van der Waals surface area (Å²) < 4.78 is 0. The van der Waals surface area contributed by atoms with Crippen LogP contribution in [0.15, 0.2) is 18.2 Å². The molecule has 1 aromatic carbocycles. The smallest absolute Gasteiger partial charge is 0.0697 e. The van der Waals surface area contributed by atoms with Gasteiger partial charge in [-0.05, 0) is 48.9 Å². The molecular formula is C16H21ClN2. The topological polar surface area (TPSA) is 35.8 Å². The van der Waals surface area contributed by atoms with Crippen molar-refractivity contribution in [1.29, 1.82) is 5.26 Å². The van der Waals surface area contributed by atoms with Gasteiger partial charge in [0.2, 0.25) is 0 Å². The van der Waals surface area contributed by atoms with E-state index in [2.05, 4.69) is 37.4 Å². The molecule has 0 saturated heterocycles. The van der Waals surface area contributed by atoms with Gasteiger partial charge in [-0.3, -0.25) is 0 Å². The van der Waals surface area contributed by atoms with Gasteiger partial charge in [-0.15, -0.1) is 0 Å². The van der Waals surface area contributed by atoms with Gasteiger partial charge in [-0.1, -0.05) is 31.5 Å². The van der Waals surface area contributed by atoms with Gasteiger partial charge in [0.15, 0.2) is 0 Å². The summed E-state index contributed by atoms with van der Waals surface area (Å²) in [4.78, 5) is 0. The maximum atomic E-state index is 9.13. The average Bonchev–Trinajstić information content (AvgIpc) is 2.56. The van der Waals surface area contributed by atoms with Gasteiger partial charge in [0.05, 0.1) is 11.5 Å². The highest BCUT2D eigenvalue weighted by Crippen LogP contribution is 2.46. The zero-order valence-electron chi connectivity index (χ0n) is 12.0. The highest BCUT2D eigenvalue weighted by atomic mass is 35.5. The number of nitriles is 1. The summed E-state index contributed by atoms with van der Waals surface area (Å²) in [6.07, 6.45) is 1.05. The predicted molar refractivity (Wildman–Crippen MR) is 79.1 cm³/mol. The maximum Gasteiger partial charge on any atom is 0.0697 e. The summed E-state index contributed by atoms with van der Waals surface area (Å²) in [7, 11) is 0. The van der Waals surface area contributed by atoms with E-state index in [-0.39, 0.29) is 16.9 Å². The molecule has 1 aliphatic rings. The molecule has 0 aromatic heterocycles. The summed E-state index contributed by atoms with van der Waals surface area (Å²) in [5.74, 6) is 0. The molecule has 3 heteroatoms. The van der Waals surface area contributed by atoms with Gasteiger partial charge in [0.25, 0.3) is 0 Å². The molecule has 2 nitrogen and oxygen atoms in total. The lowest BCUT2D eigenvalue weighted by atomic mass is 9.84. The third kappa shape index (κ3) is 2.94. The molecule has 0 bridgehead atoms. The number of fused-ring (bicyclic) bond motifs is 1. The SMILES string of the molecule is CC(C)(C#N)CNC1c2cc(Cl)ccc2CC1(C)C. The normalized spacial score (nSPS) is 20.9. The Hall–Kier alpha value is -1.04. The fraction of sp³-hybridized carbons (Fsp3) is 0.562. The van der Waals surface area contributed by atoms with Crippen LogP contribution in [-0.2, 0) is 6.42 Å². The Morgan fingerprint density at radius 1 is 1.47 bits per heavy atom. The summed E-state index contributed by atoms with van der Waals surface area (Å²) >= 11 is 6.12. The van der Waals surface area contributed by atoms with Crippen molar-refractivity contribution in [3.63, 3.8) is 0 Å². The highest BCUT2D eigenvalue weighted by Gasteiger charge is 2.39. The fourth-order valence-corrected chi connectivity index (χ4v) is 2.97. The quantitative estimate of drug-likeness (QED) is 0.902. The van der Waals surface area contributed by atoms with Crippen LogP contribution < -0.4 is 5.32 Å². The van der Waals surface area contributed by atoms with Gasteiger partial charge in [0, 0.05) is 17.6 Å². The van der Waals surface area contributed by atoms with E-state index in [1.54, 1.807) is 0 Å². The first-order chi connectivity index (χ1) is 8.75. The standard InChI is InChI=1S/C16H21ClN2/c1-15(2,9-18)10-19-14-13-7-12(17)6-5-11(13)8-16(14,3)4/h5-7,14,19H,8,10H2,1-4H3. The van der Waals surface area contributed by atoms with Crippen molar-refractivity contribution in [1.82, 2.24) is 5.32 Å². The molecule has 0 radical (unpaired) electrons. The molecule has 0 fully saturated rings. The number of nitrogens with one attached hydrogen (secondary N) is 1. The molecule has 1 aliphatic carbocycles. The zero-order valence-corrected chi connectivity index (χ0v) is 12.8. The lowest BCUT2D eigenvalue weighted by Gasteiger charge is -2.31. The van der Waals surface area contributed by atoms with E-state index in [1.807, 2.05) is 19.9 Å². The summed E-state index contributed by atoms with van der Waals surface area (Å²) in [6, 6.07) is 8.73. The molecule has 0 spiro atoms. The summed E-state index contributed by atoms with van der Waals surface area (Å²) in [6.45, 7) is 9.13. The number of halogens is 1. The lowest BCUT2D eigenvalue weighted by molar-refractivity contribution is 0.251. The van der Waals surface area contributed by atoms with Gasteiger partial charge in [-0.25, -0.2) is 0 Å². The monoisotopic (exact) mass is 276 g/mol. The van der Waals surface area contributed by atoms with Crippen LogP contribution in [-0.4, -0.2) is 6.54 Å². The Bertz CT molecular complexity index is 526. The number of rotatable bonds is 3. The van der Waals surface area contributed by atoms with Gasteiger partial charge >= 0.3 is 0 Å². The molecular weight excluding hydrogens is 256 g/mol. The van der Waals surface area contributed by atoms with Crippen LogP contribution in [0.1, 0.15) is 44.9 Å². The largest absolute Gasteiger partial charge is 0.308 e. The van der Waals surface area contributed by atoms with Gasteiger partial charge in [-0.2, -0.15) is 5.26 Å². The molecule has 1 atom stereocenters. The van der Waals surface area contributed by atoms with Crippen molar-refractivity contribution in [3.8, 4) is 6.07 Å². The molecule has 0 saturated carbocycles. The minimum absolute atomic E-state index is 0.151. The van der Waals surface area contributed by atoms with Crippen molar-refractivity contribution in [3.05, 3.63) is 34.3 Å². The highest BCUT2D eigenvalue weighted by molar-refractivity contribution is 6.30. The molecule has 0 aliphatic heterocycles. The first-order valence-corrected chi connectivity index (χ1v) is 7.06. The second-order valence-electron chi connectivity index (χ2n) is 6.82. The van der Waals surface area contributed by atoms with Crippen LogP contribution in [0.25, 0.3) is 0 Å². The molecule has 102 valence electrons. The van der Waals surface area contributed by atoms with Gasteiger partial charge < -0.3 is 5.32 Å². The molecule has 0 amide bonds. The minimum Gasteiger partial charge on any atom is -0.308 e.